The van der Waals surface area contributed by atoms with Gasteiger partial charge in [-0.05, 0) is 56.6 Å². The van der Waals surface area contributed by atoms with Crippen LogP contribution in [0.4, 0.5) is 0 Å². The van der Waals surface area contributed by atoms with E-state index in [-0.39, 0.29) is 23.5 Å². The fraction of sp³-hybridized carbons (Fsp3) is 0.762. The third-order valence-corrected chi connectivity index (χ3v) is 7.11. The van der Waals surface area contributed by atoms with Gasteiger partial charge < -0.3 is 14.8 Å². The molecule has 2 aliphatic rings. The summed E-state index contributed by atoms with van der Waals surface area (Å²) >= 11 is 1.51. The molecule has 0 aromatic heterocycles. The average Bonchev–Trinajstić information content (AvgIpc) is 3.00. The van der Waals surface area contributed by atoms with Crippen LogP contribution >= 0.6 is 11.8 Å². The summed E-state index contributed by atoms with van der Waals surface area (Å²) in [6.45, 7) is 6.68. The monoisotopic (exact) mass is 426 g/mol. The molecule has 1 heterocycles. The molecule has 164 valence electrons. The number of allylic oxidation sites excluding steroid dienone is 1. The number of hydrogen-bond donors (Lipinski definition) is 1. The maximum absolute atomic E-state index is 12.7. The van der Waals surface area contributed by atoms with Crippen LogP contribution in [0.3, 0.4) is 0 Å². The molecule has 2 atom stereocenters. The zero-order valence-corrected chi connectivity index (χ0v) is 18.6. The summed E-state index contributed by atoms with van der Waals surface area (Å²) < 4.78 is 10.0. The van der Waals surface area contributed by atoms with Gasteiger partial charge in [-0.25, -0.2) is 4.79 Å². The number of nitrogens with one attached hydrogen (secondary N) is 1. The Hall–Kier alpha value is -1.54. The lowest BCUT2D eigenvalue weighted by atomic mass is 9.80. The van der Waals surface area contributed by atoms with Crippen LogP contribution in [0.25, 0.3) is 0 Å². The van der Waals surface area contributed by atoms with Crippen molar-refractivity contribution in [1.82, 2.24) is 10.2 Å². The fourth-order valence-electron chi connectivity index (χ4n) is 3.91. The largest absolute Gasteiger partial charge is 0.467 e. The molecule has 1 saturated heterocycles. The molecule has 0 bridgehead atoms. The predicted molar refractivity (Wildman–Crippen MR) is 113 cm³/mol. The first-order valence-corrected chi connectivity index (χ1v) is 11.4. The Kier molecular flexibility index (Phi) is 9.49. The summed E-state index contributed by atoms with van der Waals surface area (Å²) in [7, 11) is 3.23. The first-order valence-electron chi connectivity index (χ1n) is 10.4. The molecule has 1 aliphatic carbocycles. The standard InChI is InChI=1S/C21H34N2O5S/c1-14(22-3)17-8-6-16(7-9-17)13-23-19(24)12-18(20(23)25)29-11-5-10-28-15(2)21(26)27-4/h15-18,22H,1,5-13H2,2-4H3/t15-,16?,17?,18?/m0/s1. The molecular formula is C21H34N2O5S. The number of carbonyl (C=O) groups is 3. The molecule has 7 nitrogen and oxygen atoms in total. The lowest BCUT2D eigenvalue weighted by Crippen LogP contribution is -2.37. The zero-order valence-electron chi connectivity index (χ0n) is 17.8. The van der Waals surface area contributed by atoms with Gasteiger partial charge in [0.15, 0.2) is 6.10 Å². The van der Waals surface area contributed by atoms with Gasteiger partial charge in [-0.15, -0.1) is 11.8 Å². The van der Waals surface area contributed by atoms with Crippen molar-refractivity contribution >= 4 is 29.5 Å². The number of esters is 1. The molecule has 0 radical (unpaired) electrons. The smallest absolute Gasteiger partial charge is 0.334 e. The number of likely N-dealkylation sites (tertiary alicyclic amines) is 1. The van der Waals surface area contributed by atoms with Crippen LogP contribution in [0.2, 0.25) is 0 Å². The van der Waals surface area contributed by atoms with Crippen molar-refractivity contribution in [1.29, 1.82) is 0 Å². The number of hydrogen-bond acceptors (Lipinski definition) is 7. The maximum Gasteiger partial charge on any atom is 0.334 e. The fourth-order valence-corrected chi connectivity index (χ4v) is 5.01. The topological polar surface area (TPSA) is 84.9 Å². The zero-order chi connectivity index (χ0) is 21.4. The Bertz CT molecular complexity index is 604. The van der Waals surface area contributed by atoms with Gasteiger partial charge >= 0.3 is 5.97 Å². The summed E-state index contributed by atoms with van der Waals surface area (Å²) in [5.74, 6) is 1.10. The van der Waals surface area contributed by atoms with Gasteiger partial charge in [-0.3, -0.25) is 14.5 Å². The Balaban J connectivity index is 1.69. The first-order chi connectivity index (χ1) is 13.9. The van der Waals surface area contributed by atoms with E-state index in [4.69, 9.17) is 4.74 Å². The summed E-state index contributed by atoms with van der Waals surface area (Å²) in [6.07, 6.45) is 4.57. The van der Waals surface area contributed by atoms with E-state index in [1.807, 2.05) is 7.05 Å². The number of rotatable bonds is 11. The van der Waals surface area contributed by atoms with E-state index in [1.54, 1.807) is 6.92 Å². The SMILES string of the molecule is C=C(NC)C1CCC(CN2C(=O)CC(SCCCO[C@@H](C)C(=O)OC)C2=O)CC1. The highest BCUT2D eigenvalue weighted by Crippen LogP contribution is 2.34. The molecule has 1 unspecified atom stereocenters. The second-order valence-corrected chi connectivity index (χ2v) is 9.10. The Morgan fingerprint density at radius 1 is 1.31 bits per heavy atom. The third kappa shape index (κ3) is 6.74. The Morgan fingerprint density at radius 2 is 2.00 bits per heavy atom. The van der Waals surface area contributed by atoms with Crippen LogP contribution in [0, 0.1) is 11.8 Å². The molecular weight excluding hydrogens is 392 g/mol. The molecule has 2 fully saturated rings. The predicted octanol–water partition coefficient (Wildman–Crippen LogP) is 2.35. The normalized spacial score (nSPS) is 25.8. The number of methoxy groups -OCH3 is 1. The minimum absolute atomic E-state index is 0.0504. The van der Waals surface area contributed by atoms with Crippen LogP contribution in [0.15, 0.2) is 12.3 Å². The molecule has 0 spiro atoms. The van der Waals surface area contributed by atoms with Gasteiger partial charge in [-0.1, -0.05) is 6.58 Å². The molecule has 0 aromatic rings. The van der Waals surface area contributed by atoms with Crippen molar-refractivity contribution in [2.24, 2.45) is 11.8 Å². The van der Waals surface area contributed by atoms with Crippen LogP contribution in [-0.2, 0) is 23.9 Å². The van der Waals surface area contributed by atoms with Crippen LogP contribution in [-0.4, -0.2) is 67.1 Å². The molecule has 2 rings (SSSR count). The quantitative estimate of drug-likeness (QED) is 0.308. The third-order valence-electron chi connectivity index (χ3n) is 5.81. The van der Waals surface area contributed by atoms with Crippen molar-refractivity contribution in [3.8, 4) is 0 Å². The van der Waals surface area contributed by atoms with E-state index < -0.39 is 12.1 Å². The lowest BCUT2D eigenvalue weighted by Gasteiger charge is -2.31. The second-order valence-electron chi connectivity index (χ2n) is 7.79. The average molecular weight is 427 g/mol. The van der Waals surface area contributed by atoms with Gasteiger partial charge in [0.1, 0.15) is 0 Å². The molecule has 1 aliphatic heterocycles. The van der Waals surface area contributed by atoms with E-state index in [1.165, 1.54) is 23.8 Å². The summed E-state index contributed by atoms with van der Waals surface area (Å²) in [4.78, 5) is 37.8. The summed E-state index contributed by atoms with van der Waals surface area (Å²) in [5, 5.41) is 2.85. The van der Waals surface area contributed by atoms with Gasteiger partial charge in [0.25, 0.3) is 0 Å². The minimum Gasteiger partial charge on any atom is -0.467 e. The highest BCUT2D eigenvalue weighted by atomic mass is 32.2. The molecule has 29 heavy (non-hydrogen) atoms. The molecule has 1 saturated carbocycles. The minimum atomic E-state index is -0.587. The van der Waals surface area contributed by atoms with Crippen molar-refractivity contribution < 1.29 is 23.9 Å². The van der Waals surface area contributed by atoms with Crippen LogP contribution in [0.5, 0.6) is 0 Å². The number of ether oxygens (including phenoxy) is 2. The van der Waals surface area contributed by atoms with E-state index in [2.05, 4.69) is 16.6 Å². The van der Waals surface area contributed by atoms with E-state index >= 15 is 0 Å². The highest BCUT2D eigenvalue weighted by Gasteiger charge is 2.40. The van der Waals surface area contributed by atoms with E-state index in [0.29, 0.717) is 37.2 Å². The number of imide groups is 1. The van der Waals surface area contributed by atoms with Crippen LogP contribution < -0.4 is 5.32 Å². The number of nitrogens with zero attached hydrogens (tertiary/aromatic N) is 1. The van der Waals surface area contributed by atoms with Crippen molar-refractivity contribution in [3.63, 3.8) is 0 Å². The van der Waals surface area contributed by atoms with Gasteiger partial charge in [-0.2, -0.15) is 0 Å². The molecule has 1 N–H and O–H groups in total. The molecule has 8 heteroatoms. The van der Waals surface area contributed by atoms with E-state index in [9.17, 15) is 14.4 Å². The molecule has 2 amide bonds. The number of carbonyl (C=O) groups excluding carboxylic acids is 3. The number of amides is 2. The molecule has 0 aromatic carbocycles. The van der Waals surface area contributed by atoms with Gasteiger partial charge in [0.2, 0.25) is 11.8 Å². The Labute approximate surface area is 177 Å². The van der Waals surface area contributed by atoms with Crippen molar-refractivity contribution in [3.05, 3.63) is 12.3 Å². The van der Waals surface area contributed by atoms with Crippen molar-refractivity contribution in [2.45, 2.75) is 56.8 Å². The van der Waals surface area contributed by atoms with Crippen LogP contribution in [0.1, 0.15) is 45.4 Å². The van der Waals surface area contributed by atoms with Crippen molar-refractivity contribution in [2.75, 3.05) is 33.1 Å². The maximum atomic E-state index is 12.7. The van der Waals surface area contributed by atoms with Gasteiger partial charge in [0, 0.05) is 32.3 Å². The summed E-state index contributed by atoms with van der Waals surface area (Å²) in [5.41, 5.74) is 1.08. The first kappa shape index (κ1) is 23.7. The lowest BCUT2D eigenvalue weighted by molar-refractivity contribution is -0.152. The summed E-state index contributed by atoms with van der Waals surface area (Å²) in [6, 6.07) is 0. The second kappa shape index (κ2) is 11.6. The van der Waals surface area contributed by atoms with E-state index in [0.717, 1.165) is 31.4 Å². The highest BCUT2D eigenvalue weighted by molar-refractivity contribution is 8.00. The van der Waals surface area contributed by atoms with Gasteiger partial charge in [0.05, 0.1) is 12.4 Å². The Morgan fingerprint density at radius 3 is 2.62 bits per heavy atom. The number of thioether (sulfide) groups is 1.